The van der Waals surface area contributed by atoms with Crippen LogP contribution >= 0.6 is 11.6 Å². The molecule has 2 fully saturated rings. The van der Waals surface area contributed by atoms with Crippen LogP contribution in [-0.2, 0) is 10.7 Å². The number of carbonyl (C=O) groups is 1. The minimum Gasteiger partial charge on any atom is -0.326 e. The van der Waals surface area contributed by atoms with Gasteiger partial charge in [0.25, 0.3) is 0 Å². The Balaban J connectivity index is 1.61. The lowest BCUT2D eigenvalue weighted by molar-refractivity contribution is -0.118. The van der Waals surface area contributed by atoms with Crippen molar-refractivity contribution < 1.29 is 4.79 Å². The highest BCUT2D eigenvalue weighted by Gasteiger charge is 2.56. The Hall–Kier alpha value is -1.02. The molecule has 90 valence electrons. The summed E-state index contributed by atoms with van der Waals surface area (Å²) in [5.74, 6) is 2.37. The lowest BCUT2D eigenvalue weighted by atomic mass is 10.1. The van der Waals surface area contributed by atoms with Gasteiger partial charge in [-0.2, -0.15) is 0 Å². The van der Waals surface area contributed by atoms with Crippen molar-refractivity contribution >= 4 is 23.2 Å². The van der Waals surface area contributed by atoms with E-state index < -0.39 is 0 Å². The second-order valence-corrected chi connectivity index (χ2v) is 5.37. The second kappa shape index (κ2) is 4.34. The van der Waals surface area contributed by atoms with Crippen LogP contribution in [0, 0.1) is 17.8 Å². The summed E-state index contributed by atoms with van der Waals surface area (Å²) in [5.41, 5.74) is 1.96. The zero-order chi connectivity index (χ0) is 11.8. The maximum atomic E-state index is 12.0. The van der Waals surface area contributed by atoms with Crippen LogP contribution in [0.1, 0.15) is 24.8 Å². The van der Waals surface area contributed by atoms with E-state index in [9.17, 15) is 4.79 Å². The van der Waals surface area contributed by atoms with E-state index in [1.54, 1.807) is 0 Å². The van der Waals surface area contributed by atoms with Crippen molar-refractivity contribution in [2.75, 3.05) is 5.32 Å². The van der Waals surface area contributed by atoms with Crippen LogP contribution in [-0.4, -0.2) is 5.91 Å². The molecule has 2 saturated carbocycles. The van der Waals surface area contributed by atoms with Crippen LogP contribution in [0.15, 0.2) is 24.3 Å². The number of rotatable bonds is 3. The van der Waals surface area contributed by atoms with Crippen LogP contribution in [0.5, 0.6) is 0 Å². The number of hydrogen-bond acceptors (Lipinski definition) is 1. The topological polar surface area (TPSA) is 29.1 Å². The normalized spacial score (nSPS) is 29.8. The van der Waals surface area contributed by atoms with Gasteiger partial charge in [0.05, 0.1) is 0 Å². The monoisotopic (exact) mass is 249 g/mol. The summed E-state index contributed by atoms with van der Waals surface area (Å²) in [4.78, 5) is 12.0. The SMILES string of the molecule is O=C(Nc1ccc(CCl)cc1)C1C2CCCC21. The molecule has 0 spiro atoms. The van der Waals surface area contributed by atoms with E-state index in [0.29, 0.717) is 17.7 Å². The minimum absolute atomic E-state index is 0.207. The van der Waals surface area contributed by atoms with Crippen molar-refractivity contribution in [2.24, 2.45) is 17.8 Å². The molecule has 2 atom stereocenters. The number of amides is 1. The van der Waals surface area contributed by atoms with Gasteiger partial charge in [0.2, 0.25) is 5.91 Å². The van der Waals surface area contributed by atoms with Crippen molar-refractivity contribution in [3.05, 3.63) is 29.8 Å². The van der Waals surface area contributed by atoms with Gasteiger partial charge in [0, 0.05) is 17.5 Å². The smallest absolute Gasteiger partial charge is 0.228 e. The standard InChI is InChI=1S/C14H16ClNO/c15-8-9-4-6-10(7-5-9)16-14(17)13-11-2-1-3-12(11)13/h4-7,11-13H,1-3,8H2,(H,16,17). The average Bonchev–Trinajstić information content (AvgIpc) is 2.85. The number of anilines is 1. The van der Waals surface area contributed by atoms with Crippen molar-refractivity contribution in [1.82, 2.24) is 0 Å². The molecule has 2 aliphatic rings. The summed E-state index contributed by atoms with van der Waals surface area (Å²) in [7, 11) is 0. The average molecular weight is 250 g/mol. The number of hydrogen-bond donors (Lipinski definition) is 1. The molecule has 0 heterocycles. The van der Waals surface area contributed by atoms with Crippen molar-refractivity contribution in [2.45, 2.75) is 25.1 Å². The molecule has 0 aromatic heterocycles. The maximum Gasteiger partial charge on any atom is 0.228 e. The molecule has 0 bridgehead atoms. The van der Waals surface area contributed by atoms with Crippen LogP contribution in [0.25, 0.3) is 0 Å². The summed E-state index contributed by atoms with van der Waals surface area (Å²) in [5, 5.41) is 3.00. The molecule has 2 unspecified atom stereocenters. The molecular formula is C14H16ClNO. The van der Waals surface area contributed by atoms with Crippen molar-refractivity contribution in [3.63, 3.8) is 0 Å². The van der Waals surface area contributed by atoms with Gasteiger partial charge < -0.3 is 5.32 Å². The lowest BCUT2D eigenvalue weighted by Crippen LogP contribution is -2.16. The van der Waals surface area contributed by atoms with Crippen LogP contribution in [0.2, 0.25) is 0 Å². The lowest BCUT2D eigenvalue weighted by Gasteiger charge is -2.07. The Morgan fingerprint density at radius 3 is 2.47 bits per heavy atom. The number of nitrogens with one attached hydrogen (secondary N) is 1. The van der Waals surface area contributed by atoms with Gasteiger partial charge in [0.15, 0.2) is 0 Å². The largest absolute Gasteiger partial charge is 0.326 e. The van der Waals surface area contributed by atoms with Gasteiger partial charge in [-0.15, -0.1) is 11.6 Å². The summed E-state index contributed by atoms with van der Waals surface area (Å²) in [6, 6.07) is 7.76. The number of alkyl halides is 1. The molecule has 1 aromatic carbocycles. The summed E-state index contributed by atoms with van der Waals surface area (Å²) < 4.78 is 0. The second-order valence-electron chi connectivity index (χ2n) is 5.10. The summed E-state index contributed by atoms with van der Waals surface area (Å²) >= 11 is 5.72. The molecule has 1 aromatic rings. The number of carbonyl (C=O) groups excluding carboxylic acids is 1. The Bertz CT molecular complexity index is 418. The third-order valence-electron chi connectivity index (χ3n) is 4.09. The first-order valence-corrected chi connectivity index (χ1v) is 6.79. The van der Waals surface area contributed by atoms with Crippen molar-refractivity contribution in [3.8, 4) is 0 Å². The highest BCUT2D eigenvalue weighted by atomic mass is 35.5. The Morgan fingerprint density at radius 1 is 1.24 bits per heavy atom. The van der Waals surface area contributed by atoms with E-state index in [2.05, 4.69) is 5.32 Å². The first-order valence-electron chi connectivity index (χ1n) is 6.25. The predicted molar refractivity (Wildman–Crippen MR) is 68.9 cm³/mol. The fourth-order valence-electron chi connectivity index (χ4n) is 3.11. The molecular weight excluding hydrogens is 234 g/mol. The number of fused-ring (bicyclic) bond motifs is 1. The van der Waals surface area contributed by atoms with E-state index >= 15 is 0 Å². The fraction of sp³-hybridized carbons (Fsp3) is 0.500. The Labute approximate surface area is 106 Å². The minimum atomic E-state index is 0.207. The zero-order valence-electron chi connectivity index (χ0n) is 9.66. The maximum absolute atomic E-state index is 12.0. The van der Waals surface area contributed by atoms with E-state index in [1.807, 2.05) is 24.3 Å². The van der Waals surface area contributed by atoms with E-state index in [1.165, 1.54) is 19.3 Å². The van der Waals surface area contributed by atoms with Gasteiger partial charge in [0.1, 0.15) is 0 Å². The number of benzene rings is 1. The molecule has 17 heavy (non-hydrogen) atoms. The fourth-order valence-corrected chi connectivity index (χ4v) is 3.29. The zero-order valence-corrected chi connectivity index (χ0v) is 10.4. The van der Waals surface area contributed by atoms with Crippen LogP contribution in [0.4, 0.5) is 5.69 Å². The third kappa shape index (κ3) is 2.06. The summed E-state index contributed by atoms with van der Waals surface area (Å²) in [6.07, 6.45) is 3.80. The van der Waals surface area contributed by atoms with E-state index in [0.717, 1.165) is 11.3 Å². The molecule has 2 nitrogen and oxygen atoms in total. The third-order valence-corrected chi connectivity index (χ3v) is 4.39. The van der Waals surface area contributed by atoms with Crippen molar-refractivity contribution in [1.29, 1.82) is 0 Å². The van der Waals surface area contributed by atoms with Gasteiger partial charge in [-0.05, 0) is 42.4 Å². The molecule has 3 heteroatoms. The molecule has 1 amide bonds. The predicted octanol–water partition coefficient (Wildman–Crippen LogP) is 3.41. The van der Waals surface area contributed by atoms with E-state index in [4.69, 9.17) is 11.6 Å². The van der Waals surface area contributed by atoms with Gasteiger partial charge in [-0.1, -0.05) is 18.6 Å². The van der Waals surface area contributed by atoms with Gasteiger partial charge in [-0.3, -0.25) is 4.79 Å². The summed E-state index contributed by atoms with van der Waals surface area (Å²) in [6.45, 7) is 0. The molecule has 0 saturated heterocycles. The molecule has 0 aliphatic heterocycles. The van der Waals surface area contributed by atoms with Crippen LogP contribution < -0.4 is 5.32 Å². The van der Waals surface area contributed by atoms with E-state index in [-0.39, 0.29) is 11.8 Å². The van der Waals surface area contributed by atoms with Gasteiger partial charge >= 0.3 is 0 Å². The first-order chi connectivity index (χ1) is 8.29. The number of halogens is 1. The van der Waals surface area contributed by atoms with Gasteiger partial charge in [-0.25, -0.2) is 0 Å². The molecule has 2 aliphatic carbocycles. The molecule has 3 rings (SSSR count). The molecule has 1 N–H and O–H groups in total. The highest BCUT2D eigenvalue weighted by molar-refractivity contribution is 6.17. The van der Waals surface area contributed by atoms with Crippen LogP contribution in [0.3, 0.4) is 0 Å². The molecule has 0 radical (unpaired) electrons. The highest BCUT2D eigenvalue weighted by Crippen LogP contribution is 2.57. The Kier molecular flexibility index (Phi) is 2.83. The quantitative estimate of drug-likeness (QED) is 0.818. The first kappa shape index (κ1) is 11.1. The Morgan fingerprint density at radius 2 is 1.88 bits per heavy atom.